The summed E-state index contributed by atoms with van der Waals surface area (Å²) in [6.45, 7) is 6.04. The van der Waals surface area contributed by atoms with Gasteiger partial charge in [0.15, 0.2) is 0 Å². The first-order valence-electron chi connectivity index (χ1n) is 7.85. The number of piperidine rings is 1. The van der Waals surface area contributed by atoms with E-state index < -0.39 is 10.0 Å². The maximum Gasteiger partial charge on any atom is 0.240 e. The predicted molar refractivity (Wildman–Crippen MR) is 85.8 cm³/mol. The molecule has 4 nitrogen and oxygen atoms in total. The fourth-order valence-corrected chi connectivity index (χ4v) is 4.19. The maximum atomic E-state index is 12.4. The van der Waals surface area contributed by atoms with Gasteiger partial charge in [0, 0.05) is 6.04 Å². The summed E-state index contributed by atoms with van der Waals surface area (Å²) in [7, 11) is -3.41. The zero-order chi connectivity index (χ0) is 15.3. The molecule has 21 heavy (non-hydrogen) atoms. The Morgan fingerprint density at radius 1 is 1.24 bits per heavy atom. The van der Waals surface area contributed by atoms with Crippen LogP contribution in [0.2, 0.25) is 0 Å². The van der Waals surface area contributed by atoms with Gasteiger partial charge in [-0.15, -0.1) is 0 Å². The molecule has 0 bridgehead atoms. The molecule has 5 heteroatoms. The molecule has 1 aromatic rings. The summed E-state index contributed by atoms with van der Waals surface area (Å²) in [5.41, 5.74) is 1.18. The molecule has 0 saturated carbocycles. The van der Waals surface area contributed by atoms with Crippen molar-refractivity contribution in [3.63, 3.8) is 0 Å². The van der Waals surface area contributed by atoms with Crippen LogP contribution < -0.4 is 10.0 Å². The van der Waals surface area contributed by atoms with Crippen molar-refractivity contribution in [2.24, 2.45) is 5.92 Å². The number of sulfonamides is 1. The van der Waals surface area contributed by atoms with Crippen molar-refractivity contribution in [1.29, 1.82) is 0 Å². The Balaban J connectivity index is 2.03. The highest BCUT2D eigenvalue weighted by atomic mass is 32.2. The largest absolute Gasteiger partial charge is 0.317 e. The zero-order valence-corrected chi connectivity index (χ0v) is 13.7. The summed E-state index contributed by atoms with van der Waals surface area (Å²) < 4.78 is 27.7. The van der Waals surface area contributed by atoms with Gasteiger partial charge in [0.1, 0.15) is 0 Å². The topological polar surface area (TPSA) is 58.2 Å². The second-order valence-electron chi connectivity index (χ2n) is 5.89. The number of hydrogen-bond acceptors (Lipinski definition) is 3. The minimum Gasteiger partial charge on any atom is -0.317 e. The van der Waals surface area contributed by atoms with E-state index in [-0.39, 0.29) is 6.04 Å². The molecule has 0 aromatic heterocycles. The monoisotopic (exact) mass is 310 g/mol. The van der Waals surface area contributed by atoms with Gasteiger partial charge < -0.3 is 5.32 Å². The fourth-order valence-electron chi connectivity index (χ4n) is 2.88. The number of benzene rings is 1. The normalized spacial score (nSPS) is 18.6. The third kappa shape index (κ3) is 4.53. The molecular formula is C16H26N2O2S. The molecule has 1 atom stereocenters. The molecule has 1 aliphatic rings. The molecule has 0 radical (unpaired) electrons. The van der Waals surface area contributed by atoms with Gasteiger partial charge in [-0.05, 0) is 62.9 Å². The van der Waals surface area contributed by atoms with Crippen LogP contribution in [0.15, 0.2) is 29.2 Å². The second-order valence-corrected chi connectivity index (χ2v) is 7.61. The first-order chi connectivity index (χ1) is 10.0. The Morgan fingerprint density at radius 3 is 2.43 bits per heavy atom. The summed E-state index contributed by atoms with van der Waals surface area (Å²) >= 11 is 0. The van der Waals surface area contributed by atoms with Gasteiger partial charge in [-0.25, -0.2) is 13.1 Å². The van der Waals surface area contributed by atoms with E-state index in [1.807, 2.05) is 19.1 Å². The van der Waals surface area contributed by atoms with Crippen LogP contribution in [0.3, 0.4) is 0 Å². The lowest BCUT2D eigenvalue weighted by atomic mass is 9.92. The van der Waals surface area contributed by atoms with Crippen LogP contribution in [0.1, 0.15) is 38.7 Å². The molecule has 1 saturated heterocycles. The van der Waals surface area contributed by atoms with Gasteiger partial charge in [0.25, 0.3) is 0 Å². The van der Waals surface area contributed by atoms with Crippen LogP contribution in [0.5, 0.6) is 0 Å². The lowest BCUT2D eigenvalue weighted by molar-refractivity contribution is 0.316. The van der Waals surface area contributed by atoms with Gasteiger partial charge >= 0.3 is 0 Å². The van der Waals surface area contributed by atoms with E-state index >= 15 is 0 Å². The highest BCUT2D eigenvalue weighted by molar-refractivity contribution is 7.89. The fraction of sp³-hybridized carbons (Fsp3) is 0.625. The first-order valence-corrected chi connectivity index (χ1v) is 9.33. The highest BCUT2D eigenvalue weighted by Gasteiger charge is 2.24. The number of nitrogens with one attached hydrogen (secondary N) is 2. The van der Waals surface area contributed by atoms with Gasteiger partial charge in [0.05, 0.1) is 4.90 Å². The molecule has 1 unspecified atom stereocenters. The summed E-state index contributed by atoms with van der Waals surface area (Å²) in [6.07, 6.45) is 4.11. The van der Waals surface area contributed by atoms with Crippen molar-refractivity contribution in [2.45, 2.75) is 50.5 Å². The number of aryl methyl sites for hydroxylation is 1. The Kier molecular flexibility index (Phi) is 5.79. The van der Waals surface area contributed by atoms with Crippen LogP contribution in [0.25, 0.3) is 0 Å². The van der Waals surface area contributed by atoms with Crippen LogP contribution in [0, 0.1) is 5.92 Å². The van der Waals surface area contributed by atoms with Gasteiger partial charge in [-0.3, -0.25) is 0 Å². The standard InChI is InChI=1S/C16H26N2O2S/c1-3-4-14-5-7-16(8-6-14)21(19,20)18-13(2)15-9-11-17-12-10-15/h5-8,13,15,17-18H,3-4,9-12H2,1-2H3. The van der Waals surface area contributed by atoms with E-state index in [2.05, 4.69) is 17.0 Å². The summed E-state index contributed by atoms with van der Waals surface area (Å²) in [4.78, 5) is 0.364. The number of hydrogen-bond donors (Lipinski definition) is 2. The third-order valence-corrected chi connectivity index (χ3v) is 5.78. The zero-order valence-electron chi connectivity index (χ0n) is 12.9. The average Bonchev–Trinajstić information content (AvgIpc) is 2.48. The predicted octanol–water partition coefficient (Wildman–Crippen LogP) is 2.31. The molecule has 118 valence electrons. The van der Waals surface area contributed by atoms with Crippen molar-refractivity contribution in [2.75, 3.05) is 13.1 Å². The smallest absolute Gasteiger partial charge is 0.240 e. The Hall–Kier alpha value is -0.910. The summed E-state index contributed by atoms with van der Waals surface area (Å²) in [5.74, 6) is 0.417. The summed E-state index contributed by atoms with van der Waals surface area (Å²) in [6, 6.07) is 7.22. The Labute approximate surface area is 128 Å². The highest BCUT2D eigenvalue weighted by Crippen LogP contribution is 2.19. The van der Waals surface area contributed by atoms with Crippen LogP contribution in [-0.4, -0.2) is 27.5 Å². The van der Waals surface area contributed by atoms with Gasteiger partial charge in [-0.1, -0.05) is 25.5 Å². The van der Waals surface area contributed by atoms with Crippen molar-refractivity contribution < 1.29 is 8.42 Å². The average molecular weight is 310 g/mol. The second kappa shape index (κ2) is 7.38. The molecule has 1 aromatic carbocycles. The van der Waals surface area contributed by atoms with Crippen molar-refractivity contribution in [3.05, 3.63) is 29.8 Å². The van der Waals surface area contributed by atoms with Crippen LogP contribution >= 0.6 is 0 Å². The molecular weight excluding hydrogens is 284 g/mol. The third-order valence-electron chi connectivity index (χ3n) is 4.20. The quantitative estimate of drug-likeness (QED) is 0.847. The van der Waals surface area contributed by atoms with E-state index in [4.69, 9.17) is 0 Å². The lowest BCUT2D eigenvalue weighted by Gasteiger charge is -2.28. The van der Waals surface area contributed by atoms with E-state index in [0.29, 0.717) is 10.8 Å². The molecule has 1 fully saturated rings. The van der Waals surface area contributed by atoms with Crippen molar-refractivity contribution >= 4 is 10.0 Å². The SMILES string of the molecule is CCCc1ccc(S(=O)(=O)NC(C)C2CCNCC2)cc1. The molecule has 2 N–H and O–H groups in total. The van der Waals surface area contributed by atoms with Gasteiger partial charge in [0.2, 0.25) is 10.0 Å². The molecule has 0 spiro atoms. The Morgan fingerprint density at radius 2 is 1.86 bits per heavy atom. The molecule has 1 aliphatic heterocycles. The van der Waals surface area contributed by atoms with E-state index in [1.165, 1.54) is 5.56 Å². The van der Waals surface area contributed by atoms with E-state index in [9.17, 15) is 8.42 Å². The van der Waals surface area contributed by atoms with E-state index in [1.54, 1.807) is 12.1 Å². The van der Waals surface area contributed by atoms with Crippen LogP contribution in [0.4, 0.5) is 0 Å². The molecule has 1 heterocycles. The van der Waals surface area contributed by atoms with Crippen LogP contribution in [-0.2, 0) is 16.4 Å². The van der Waals surface area contributed by atoms with Gasteiger partial charge in [-0.2, -0.15) is 0 Å². The van der Waals surface area contributed by atoms with Crippen molar-refractivity contribution in [1.82, 2.24) is 10.0 Å². The first kappa shape index (κ1) is 16.5. The number of rotatable bonds is 6. The molecule has 2 rings (SSSR count). The Bertz CT molecular complexity index is 534. The molecule has 0 aliphatic carbocycles. The molecule has 0 amide bonds. The van der Waals surface area contributed by atoms with Crippen molar-refractivity contribution in [3.8, 4) is 0 Å². The maximum absolute atomic E-state index is 12.4. The lowest BCUT2D eigenvalue weighted by Crippen LogP contribution is -2.42. The van der Waals surface area contributed by atoms with E-state index in [0.717, 1.165) is 38.8 Å². The minimum absolute atomic E-state index is 0.0209. The summed E-state index contributed by atoms with van der Waals surface area (Å²) in [5, 5.41) is 3.31. The minimum atomic E-state index is -3.41.